The van der Waals surface area contributed by atoms with Gasteiger partial charge in [0.25, 0.3) is 6.43 Å². The van der Waals surface area contributed by atoms with Crippen molar-refractivity contribution in [1.82, 2.24) is 0 Å². The zero-order valence-electron chi connectivity index (χ0n) is 11.3. The van der Waals surface area contributed by atoms with Gasteiger partial charge >= 0.3 is 7.12 Å². The predicted molar refractivity (Wildman–Crippen MR) is 67.1 cm³/mol. The van der Waals surface area contributed by atoms with Crippen LogP contribution in [-0.4, -0.2) is 18.3 Å². The Morgan fingerprint density at radius 1 is 1.05 bits per heavy atom. The quantitative estimate of drug-likeness (QED) is 0.770. The first kappa shape index (κ1) is 14.4. The molecule has 0 aromatic heterocycles. The summed E-state index contributed by atoms with van der Waals surface area (Å²) in [4.78, 5) is 0. The molecule has 19 heavy (non-hydrogen) atoms. The second kappa shape index (κ2) is 4.53. The molecule has 1 aliphatic heterocycles. The van der Waals surface area contributed by atoms with Crippen LogP contribution in [0.1, 0.15) is 39.7 Å². The summed E-state index contributed by atoms with van der Waals surface area (Å²) in [5.74, 6) is -0.740. The van der Waals surface area contributed by atoms with E-state index in [-0.39, 0.29) is 11.0 Å². The van der Waals surface area contributed by atoms with Gasteiger partial charge in [-0.3, -0.25) is 0 Å². The summed E-state index contributed by atoms with van der Waals surface area (Å²) < 4.78 is 50.2. The van der Waals surface area contributed by atoms with Crippen molar-refractivity contribution in [2.45, 2.75) is 45.3 Å². The zero-order valence-corrected chi connectivity index (χ0v) is 11.3. The van der Waals surface area contributed by atoms with Gasteiger partial charge in [-0.05, 0) is 33.8 Å². The second-order valence-corrected chi connectivity index (χ2v) is 5.67. The molecule has 1 aromatic carbocycles. The van der Waals surface area contributed by atoms with Crippen molar-refractivity contribution in [3.05, 3.63) is 29.6 Å². The maximum Gasteiger partial charge on any atom is 0.497 e. The molecule has 0 N–H and O–H groups in total. The highest BCUT2D eigenvalue weighted by atomic mass is 19.3. The van der Waals surface area contributed by atoms with E-state index in [1.54, 1.807) is 0 Å². The molecule has 0 saturated carbocycles. The van der Waals surface area contributed by atoms with Gasteiger partial charge in [0, 0.05) is 11.0 Å². The Morgan fingerprint density at radius 3 is 2.00 bits per heavy atom. The van der Waals surface area contributed by atoms with Gasteiger partial charge in [0.2, 0.25) is 0 Å². The summed E-state index contributed by atoms with van der Waals surface area (Å²) in [6.07, 6.45) is -2.69. The van der Waals surface area contributed by atoms with Gasteiger partial charge in [0.15, 0.2) is 0 Å². The summed E-state index contributed by atoms with van der Waals surface area (Å²) in [7, 11) is -0.878. The van der Waals surface area contributed by atoms with Gasteiger partial charge in [0.05, 0.1) is 11.2 Å². The Kier molecular flexibility index (Phi) is 3.43. The van der Waals surface area contributed by atoms with Crippen LogP contribution < -0.4 is 5.46 Å². The van der Waals surface area contributed by atoms with Crippen molar-refractivity contribution in [3.8, 4) is 0 Å². The van der Waals surface area contributed by atoms with E-state index in [0.717, 1.165) is 6.07 Å². The molecule has 1 heterocycles. The summed E-state index contributed by atoms with van der Waals surface area (Å²) in [6.45, 7) is 7.38. The fraction of sp³-hybridized carbons (Fsp3) is 0.538. The summed E-state index contributed by atoms with van der Waals surface area (Å²) >= 11 is 0. The molecule has 0 unspecified atom stereocenters. The average Bonchev–Trinajstić information content (AvgIpc) is 2.47. The SMILES string of the molecule is CC1(C)OB(c2ccc(C(F)F)cc2F)OC1(C)C. The first-order chi connectivity index (χ1) is 8.64. The lowest BCUT2D eigenvalue weighted by Crippen LogP contribution is -2.41. The van der Waals surface area contributed by atoms with Gasteiger partial charge in [0.1, 0.15) is 5.82 Å². The molecule has 0 radical (unpaired) electrons. The fourth-order valence-electron chi connectivity index (χ4n) is 1.84. The smallest absolute Gasteiger partial charge is 0.399 e. The van der Waals surface area contributed by atoms with Crippen LogP contribution in [0, 0.1) is 5.82 Å². The largest absolute Gasteiger partial charge is 0.497 e. The topological polar surface area (TPSA) is 18.5 Å². The number of benzene rings is 1. The monoisotopic (exact) mass is 272 g/mol. The summed E-state index contributed by atoms with van der Waals surface area (Å²) in [5.41, 5.74) is -1.39. The lowest BCUT2D eigenvalue weighted by atomic mass is 9.78. The molecule has 0 amide bonds. The van der Waals surface area contributed by atoms with E-state index in [4.69, 9.17) is 9.31 Å². The average molecular weight is 272 g/mol. The van der Waals surface area contributed by atoms with Crippen molar-refractivity contribution in [2.24, 2.45) is 0 Å². The zero-order chi connectivity index (χ0) is 14.4. The molecular weight excluding hydrogens is 256 g/mol. The van der Waals surface area contributed by atoms with Crippen molar-refractivity contribution in [1.29, 1.82) is 0 Å². The third-order valence-corrected chi connectivity index (χ3v) is 3.78. The van der Waals surface area contributed by atoms with Crippen molar-refractivity contribution < 1.29 is 22.5 Å². The normalized spacial score (nSPS) is 21.2. The minimum atomic E-state index is -2.69. The summed E-state index contributed by atoms with van der Waals surface area (Å²) in [6, 6.07) is 3.30. The van der Waals surface area contributed by atoms with Crippen LogP contribution in [0.3, 0.4) is 0 Å². The van der Waals surface area contributed by atoms with Gasteiger partial charge < -0.3 is 9.31 Å². The molecule has 2 rings (SSSR count). The van der Waals surface area contributed by atoms with E-state index in [9.17, 15) is 13.2 Å². The van der Waals surface area contributed by atoms with Gasteiger partial charge in [-0.25, -0.2) is 13.2 Å². The molecule has 0 spiro atoms. The number of hydrogen-bond acceptors (Lipinski definition) is 2. The number of rotatable bonds is 2. The Hall–Kier alpha value is -1.01. The molecule has 1 aliphatic rings. The lowest BCUT2D eigenvalue weighted by Gasteiger charge is -2.32. The Balaban J connectivity index is 2.30. The molecule has 0 atom stereocenters. The fourth-order valence-corrected chi connectivity index (χ4v) is 1.84. The van der Waals surface area contributed by atoms with Crippen LogP contribution in [0.5, 0.6) is 0 Å². The summed E-state index contributed by atoms with van der Waals surface area (Å²) in [5, 5.41) is 0. The molecular formula is C13H16BF3O2. The van der Waals surface area contributed by atoms with Gasteiger partial charge in [-0.2, -0.15) is 0 Å². The Bertz CT molecular complexity index is 473. The molecule has 1 saturated heterocycles. The second-order valence-electron chi connectivity index (χ2n) is 5.67. The Labute approximate surface area is 111 Å². The van der Waals surface area contributed by atoms with Crippen LogP contribution in [0.25, 0.3) is 0 Å². The van der Waals surface area contributed by atoms with Crippen LogP contribution in [-0.2, 0) is 9.31 Å². The first-order valence-electron chi connectivity index (χ1n) is 6.07. The van der Waals surface area contributed by atoms with Crippen molar-refractivity contribution >= 4 is 12.6 Å². The van der Waals surface area contributed by atoms with E-state index in [2.05, 4.69) is 0 Å². The predicted octanol–water partition coefficient (Wildman–Crippen LogP) is 3.06. The van der Waals surface area contributed by atoms with Crippen LogP contribution in [0.2, 0.25) is 0 Å². The van der Waals surface area contributed by atoms with Crippen LogP contribution in [0.15, 0.2) is 18.2 Å². The van der Waals surface area contributed by atoms with E-state index >= 15 is 0 Å². The standard InChI is InChI=1S/C13H16BF3O2/c1-12(2)13(3,4)19-14(18-12)9-6-5-8(11(16)17)7-10(9)15/h5-7,11H,1-4H3. The van der Waals surface area contributed by atoms with Crippen molar-refractivity contribution in [2.75, 3.05) is 0 Å². The van der Waals surface area contributed by atoms with Gasteiger partial charge in [-0.15, -0.1) is 0 Å². The number of alkyl halides is 2. The third-order valence-electron chi connectivity index (χ3n) is 3.78. The van der Waals surface area contributed by atoms with E-state index in [1.165, 1.54) is 12.1 Å². The molecule has 2 nitrogen and oxygen atoms in total. The molecule has 1 aromatic rings. The highest BCUT2D eigenvalue weighted by Crippen LogP contribution is 2.36. The lowest BCUT2D eigenvalue weighted by molar-refractivity contribution is 0.00578. The molecule has 104 valence electrons. The molecule has 0 aliphatic carbocycles. The Morgan fingerprint density at radius 2 is 1.58 bits per heavy atom. The number of halogens is 3. The van der Waals surface area contributed by atoms with Crippen molar-refractivity contribution in [3.63, 3.8) is 0 Å². The van der Waals surface area contributed by atoms with E-state index < -0.39 is 30.6 Å². The molecule has 6 heteroatoms. The number of hydrogen-bond donors (Lipinski definition) is 0. The maximum absolute atomic E-state index is 13.9. The maximum atomic E-state index is 13.9. The highest BCUT2D eigenvalue weighted by molar-refractivity contribution is 6.62. The van der Waals surface area contributed by atoms with Gasteiger partial charge in [-0.1, -0.05) is 12.1 Å². The third kappa shape index (κ3) is 2.51. The van der Waals surface area contributed by atoms with E-state index in [1.807, 2.05) is 27.7 Å². The molecule has 1 fully saturated rings. The first-order valence-corrected chi connectivity index (χ1v) is 6.07. The minimum absolute atomic E-state index is 0.142. The molecule has 0 bridgehead atoms. The highest BCUT2D eigenvalue weighted by Gasteiger charge is 2.52. The minimum Gasteiger partial charge on any atom is -0.399 e. The van der Waals surface area contributed by atoms with E-state index in [0.29, 0.717) is 0 Å². The van der Waals surface area contributed by atoms with Crippen LogP contribution >= 0.6 is 0 Å². The van der Waals surface area contributed by atoms with Crippen LogP contribution in [0.4, 0.5) is 13.2 Å².